The summed E-state index contributed by atoms with van der Waals surface area (Å²) in [5.41, 5.74) is 4.83. The van der Waals surface area contributed by atoms with E-state index in [0.717, 1.165) is 21.9 Å². The van der Waals surface area contributed by atoms with E-state index < -0.39 is 0 Å². The van der Waals surface area contributed by atoms with Gasteiger partial charge in [0.25, 0.3) is 5.89 Å². The minimum Gasteiger partial charge on any atom is -0.392 e. The summed E-state index contributed by atoms with van der Waals surface area (Å²) >= 11 is 3.23. The van der Waals surface area contributed by atoms with Crippen LogP contribution in [0.3, 0.4) is 0 Å². The van der Waals surface area contributed by atoms with Crippen molar-refractivity contribution in [1.29, 1.82) is 0 Å². The standard InChI is InChI=1S/C15H15N3O2S2/c1-10-14(22-9-16-10)15-17-13(18-20-15)8-21-7-12-4-2-11(6-19)3-5-12/h2-5,9,19H,6-8H2,1H3. The molecule has 0 saturated carbocycles. The molecule has 0 unspecified atom stereocenters. The van der Waals surface area contributed by atoms with Crippen LogP contribution in [0, 0.1) is 6.92 Å². The van der Waals surface area contributed by atoms with Crippen LogP contribution in [0.15, 0.2) is 34.3 Å². The summed E-state index contributed by atoms with van der Waals surface area (Å²) in [6.45, 7) is 2.01. The number of aryl methyl sites for hydroxylation is 1. The highest BCUT2D eigenvalue weighted by molar-refractivity contribution is 7.97. The SMILES string of the molecule is Cc1ncsc1-c1nc(CSCc2ccc(CO)cc2)no1. The van der Waals surface area contributed by atoms with Gasteiger partial charge in [0.15, 0.2) is 5.82 Å². The molecule has 2 heterocycles. The molecular formula is C15H15N3O2S2. The third-order valence-electron chi connectivity index (χ3n) is 3.11. The first kappa shape index (κ1) is 15.2. The first-order valence-electron chi connectivity index (χ1n) is 6.75. The number of aliphatic hydroxyl groups is 1. The predicted octanol–water partition coefficient (Wildman–Crippen LogP) is 3.43. The van der Waals surface area contributed by atoms with Gasteiger partial charge in [-0.05, 0) is 18.1 Å². The van der Waals surface area contributed by atoms with Crippen LogP contribution in [-0.2, 0) is 18.1 Å². The highest BCUT2D eigenvalue weighted by atomic mass is 32.2. The number of aromatic nitrogens is 3. The van der Waals surface area contributed by atoms with E-state index in [1.165, 1.54) is 16.9 Å². The molecule has 1 N–H and O–H groups in total. The third kappa shape index (κ3) is 3.55. The lowest BCUT2D eigenvalue weighted by Gasteiger charge is -2.01. The van der Waals surface area contributed by atoms with E-state index in [2.05, 4.69) is 15.1 Å². The summed E-state index contributed by atoms with van der Waals surface area (Å²) in [4.78, 5) is 9.53. The second-order valence-electron chi connectivity index (χ2n) is 4.75. The molecule has 0 fully saturated rings. The Bertz CT molecular complexity index is 737. The summed E-state index contributed by atoms with van der Waals surface area (Å²) in [6.07, 6.45) is 0. The number of benzene rings is 1. The Balaban J connectivity index is 1.56. The minimum absolute atomic E-state index is 0.0794. The van der Waals surface area contributed by atoms with E-state index >= 15 is 0 Å². The van der Waals surface area contributed by atoms with Crippen LogP contribution in [0.4, 0.5) is 0 Å². The van der Waals surface area contributed by atoms with Gasteiger partial charge < -0.3 is 9.63 Å². The minimum atomic E-state index is 0.0794. The quantitative estimate of drug-likeness (QED) is 0.745. The zero-order valence-electron chi connectivity index (χ0n) is 12.0. The van der Waals surface area contributed by atoms with E-state index in [-0.39, 0.29) is 6.61 Å². The highest BCUT2D eigenvalue weighted by Crippen LogP contribution is 2.26. The number of rotatable bonds is 6. The molecule has 0 aliphatic heterocycles. The van der Waals surface area contributed by atoms with Crippen LogP contribution in [0.2, 0.25) is 0 Å². The highest BCUT2D eigenvalue weighted by Gasteiger charge is 2.13. The third-order valence-corrected chi connectivity index (χ3v) is 5.03. The van der Waals surface area contributed by atoms with Crippen molar-refractivity contribution >= 4 is 23.1 Å². The molecule has 0 amide bonds. The van der Waals surface area contributed by atoms with Crippen molar-refractivity contribution in [2.75, 3.05) is 0 Å². The van der Waals surface area contributed by atoms with Gasteiger partial charge in [0.1, 0.15) is 4.88 Å². The van der Waals surface area contributed by atoms with Crippen molar-refractivity contribution in [1.82, 2.24) is 15.1 Å². The molecule has 1 aromatic carbocycles. The molecular weight excluding hydrogens is 318 g/mol. The lowest BCUT2D eigenvalue weighted by molar-refractivity contribution is 0.282. The Labute approximate surface area is 136 Å². The van der Waals surface area contributed by atoms with Gasteiger partial charge in [0, 0.05) is 5.75 Å². The Morgan fingerprint density at radius 1 is 1.18 bits per heavy atom. The first-order chi connectivity index (χ1) is 10.8. The number of hydrogen-bond acceptors (Lipinski definition) is 7. The smallest absolute Gasteiger partial charge is 0.269 e. The molecule has 3 aromatic rings. The van der Waals surface area contributed by atoms with Gasteiger partial charge >= 0.3 is 0 Å². The Morgan fingerprint density at radius 3 is 2.64 bits per heavy atom. The fraction of sp³-hybridized carbons (Fsp3) is 0.267. The van der Waals surface area contributed by atoms with Crippen molar-refractivity contribution in [2.24, 2.45) is 0 Å². The molecule has 0 bridgehead atoms. The van der Waals surface area contributed by atoms with Crippen molar-refractivity contribution < 1.29 is 9.63 Å². The van der Waals surface area contributed by atoms with Crippen LogP contribution in [-0.4, -0.2) is 20.2 Å². The number of thiazole rings is 1. The molecule has 3 rings (SSSR count). The van der Waals surface area contributed by atoms with Gasteiger partial charge in [-0.3, -0.25) is 0 Å². The Hall–Kier alpha value is -1.70. The average molecular weight is 333 g/mol. The molecule has 2 aromatic heterocycles. The first-order valence-corrected chi connectivity index (χ1v) is 8.79. The van der Waals surface area contributed by atoms with Gasteiger partial charge in [-0.15, -0.1) is 23.1 Å². The zero-order valence-corrected chi connectivity index (χ0v) is 13.7. The maximum atomic E-state index is 9.02. The van der Waals surface area contributed by atoms with Crippen LogP contribution in [0.1, 0.15) is 22.6 Å². The predicted molar refractivity (Wildman–Crippen MR) is 87.5 cm³/mol. The van der Waals surface area contributed by atoms with Gasteiger partial charge in [-0.1, -0.05) is 29.4 Å². The summed E-state index contributed by atoms with van der Waals surface area (Å²) in [5.74, 6) is 2.81. The lowest BCUT2D eigenvalue weighted by Crippen LogP contribution is -1.88. The van der Waals surface area contributed by atoms with Crippen LogP contribution in [0.5, 0.6) is 0 Å². The van der Waals surface area contributed by atoms with Crippen LogP contribution >= 0.6 is 23.1 Å². The fourth-order valence-corrected chi connectivity index (χ4v) is 3.47. The zero-order chi connectivity index (χ0) is 15.4. The van der Waals surface area contributed by atoms with Gasteiger partial charge in [0.2, 0.25) is 0 Å². The molecule has 0 saturated heterocycles. The molecule has 0 aliphatic rings. The molecule has 114 valence electrons. The summed E-state index contributed by atoms with van der Waals surface area (Å²) in [6, 6.07) is 7.94. The number of aliphatic hydroxyl groups excluding tert-OH is 1. The molecule has 0 aliphatic carbocycles. The van der Waals surface area contributed by atoms with Gasteiger partial charge in [-0.25, -0.2) is 4.98 Å². The Morgan fingerprint density at radius 2 is 1.95 bits per heavy atom. The van der Waals surface area contributed by atoms with Crippen molar-refractivity contribution in [2.45, 2.75) is 25.0 Å². The molecule has 22 heavy (non-hydrogen) atoms. The average Bonchev–Trinajstić information content (AvgIpc) is 3.17. The van der Waals surface area contributed by atoms with Gasteiger partial charge in [0.05, 0.1) is 23.6 Å². The summed E-state index contributed by atoms with van der Waals surface area (Å²) < 4.78 is 5.29. The van der Waals surface area contributed by atoms with E-state index in [0.29, 0.717) is 17.5 Å². The lowest BCUT2D eigenvalue weighted by atomic mass is 10.2. The number of hydrogen-bond donors (Lipinski definition) is 1. The monoisotopic (exact) mass is 333 g/mol. The normalized spacial score (nSPS) is 11.0. The maximum Gasteiger partial charge on any atom is 0.269 e. The second kappa shape index (κ2) is 7.04. The van der Waals surface area contributed by atoms with Crippen molar-refractivity contribution in [3.63, 3.8) is 0 Å². The second-order valence-corrected chi connectivity index (χ2v) is 6.59. The van der Waals surface area contributed by atoms with Gasteiger partial charge in [-0.2, -0.15) is 4.98 Å². The number of nitrogens with zero attached hydrogens (tertiary/aromatic N) is 3. The van der Waals surface area contributed by atoms with E-state index in [1.807, 2.05) is 31.2 Å². The molecule has 0 atom stereocenters. The molecule has 0 spiro atoms. The van der Waals surface area contributed by atoms with Crippen LogP contribution < -0.4 is 0 Å². The van der Waals surface area contributed by atoms with Crippen LogP contribution in [0.25, 0.3) is 10.8 Å². The van der Waals surface area contributed by atoms with E-state index in [1.54, 1.807) is 17.3 Å². The Kier molecular flexibility index (Phi) is 4.87. The molecule has 5 nitrogen and oxygen atoms in total. The summed E-state index contributed by atoms with van der Waals surface area (Å²) in [5, 5.41) is 13.0. The fourth-order valence-electron chi connectivity index (χ4n) is 1.91. The van der Waals surface area contributed by atoms with Crippen molar-refractivity contribution in [3.8, 4) is 10.8 Å². The number of thioether (sulfide) groups is 1. The van der Waals surface area contributed by atoms with Crippen molar-refractivity contribution in [3.05, 3.63) is 52.4 Å². The summed E-state index contributed by atoms with van der Waals surface area (Å²) in [7, 11) is 0. The largest absolute Gasteiger partial charge is 0.392 e. The van der Waals surface area contributed by atoms with E-state index in [9.17, 15) is 0 Å². The molecule has 7 heteroatoms. The molecule has 0 radical (unpaired) electrons. The maximum absolute atomic E-state index is 9.02. The van der Waals surface area contributed by atoms with E-state index in [4.69, 9.17) is 9.63 Å². The topological polar surface area (TPSA) is 72.0 Å².